The Kier molecular flexibility index (Phi) is 2.96. The Hall–Kier alpha value is -1.36. The van der Waals surface area contributed by atoms with E-state index in [9.17, 15) is 9.18 Å². The third kappa shape index (κ3) is 1.95. The molecule has 0 radical (unpaired) electrons. The lowest BCUT2D eigenvalue weighted by molar-refractivity contribution is -0.112. The van der Waals surface area contributed by atoms with Gasteiger partial charge in [0.2, 0.25) is 0 Å². The molecule has 0 saturated carbocycles. The maximum atomic E-state index is 13.2. The first-order valence-corrected chi connectivity index (χ1v) is 5.68. The van der Waals surface area contributed by atoms with Gasteiger partial charge in [-0.1, -0.05) is 13.0 Å². The van der Waals surface area contributed by atoms with E-state index in [0.29, 0.717) is 21.5 Å². The second kappa shape index (κ2) is 4.25. The van der Waals surface area contributed by atoms with Crippen LogP contribution in [0.2, 0.25) is 0 Å². The van der Waals surface area contributed by atoms with Crippen molar-refractivity contribution < 1.29 is 9.18 Å². The first kappa shape index (κ1) is 11.1. The molecule has 1 aromatic carbocycles. The minimum absolute atomic E-state index is 0.240. The van der Waals surface area contributed by atoms with E-state index in [1.165, 1.54) is 6.07 Å². The number of carbonyl (C=O) groups excluding carboxylic acids is 1. The summed E-state index contributed by atoms with van der Waals surface area (Å²) < 4.78 is 13.6. The van der Waals surface area contributed by atoms with Crippen molar-refractivity contribution in [1.82, 2.24) is 0 Å². The number of benzene rings is 1. The minimum atomic E-state index is -0.399. The van der Waals surface area contributed by atoms with E-state index >= 15 is 0 Å². The molecule has 0 bridgehead atoms. The summed E-state index contributed by atoms with van der Waals surface area (Å²) in [6.45, 7) is 1.94. The molecule has 5 heteroatoms. The monoisotopic (exact) mass is 284 g/mol. The van der Waals surface area contributed by atoms with Gasteiger partial charge in [-0.3, -0.25) is 4.79 Å². The zero-order chi connectivity index (χ0) is 11.7. The van der Waals surface area contributed by atoms with Gasteiger partial charge in [0, 0.05) is 6.07 Å². The predicted molar refractivity (Wildman–Crippen MR) is 64.7 cm³/mol. The van der Waals surface area contributed by atoms with E-state index in [1.54, 1.807) is 12.1 Å². The predicted octanol–water partition coefficient (Wildman–Crippen LogP) is 3.25. The van der Waals surface area contributed by atoms with Crippen LogP contribution in [0, 0.1) is 5.82 Å². The van der Waals surface area contributed by atoms with Crippen molar-refractivity contribution in [3.05, 3.63) is 34.2 Å². The molecule has 1 aliphatic rings. The zero-order valence-corrected chi connectivity index (χ0v) is 10.2. The van der Waals surface area contributed by atoms with E-state index in [0.717, 1.165) is 6.42 Å². The molecule has 1 aliphatic heterocycles. The van der Waals surface area contributed by atoms with Gasteiger partial charge in [-0.25, -0.2) is 4.39 Å². The zero-order valence-electron chi connectivity index (χ0n) is 8.60. The highest BCUT2D eigenvalue weighted by Gasteiger charge is 2.20. The van der Waals surface area contributed by atoms with Crippen LogP contribution < -0.4 is 10.6 Å². The fraction of sp³-hybridized carbons (Fsp3) is 0.182. The largest absolute Gasteiger partial charge is 0.350 e. The van der Waals surface area contributed by atoms with E-state index in [2.05, 4.69) is 26.6 Å². The summed E-state index contributed by atoms with van der Waals surface area (Å²) in [5.74, 6) is -0.639. The number of allylic oxidation sites excluding steroid dienone is 1. The lowest BCUT2D eigenvalue weighted by Gasteiger charge is -2.21. The van der Waals surface area contributed by atoms with Gasteiger partial charge >= 0.3 is 0 Å². The molecule has 0 atom stereocenters. The van der Waals surface area contributed by atoms with Crippen LogP contribution in [-0.4, -0.2) is 5.91 Å². The number of halogens is 2. The molecule has 3 nitrogen and oxygen atoms in total. The van der Waals surface area contributed by atoms with Crippen molar-refractivity contribution >= 4 is 33.2 Å². The lowest BCUT2D eigenvalue weighted by atomic mass is 10.2. The van der Waals surface area contributed by atoms with Crippen molar-refractivity contribution in [3.63, 3.8) is 0 Å². The van der Waals surface area contributed by atoms with E-state index < -0.39 is 5.82 Å². The summed E-state index contributed by atoms with van der Waals surface area (Å²) in [4.78, 5) is 11.6. The summed E-state index contributed by atoms with van der Waals surface area (Å²) in [5.41, 5.74) is 1.64. The normalized spacial score (nSPS) is 16.7. The molecule has 0 fully saturated rings. The van der Waals surface area contributed by atoms with Crippen molar-refractivity contribution in [2.75, 3.05) is 10.6 Å². The Morgan fingerprint density at radius 1 is 1.38 bits per heavy atom. The van der Waals surface area contributed by atoms with Crippen LogP contribution in [0.3, 0.4) is 0 Å². The summed E-state index contributed by atoms with van der Waals surface area (Å²) in [6.07, 6.45) is 2.54. The average molecular weight is 285 g/mol. The minimum Gasteiger partial charge on any atom is -0.350 e. The molecule has 16 heavy (non-hydrogen) atoms. The third-order valence-corrected chi connectivity index (χ3v) is 2.84. The van der Waals surface area contributed by atoms with Gasteiger partial charge in [0.25, 0.3) is 5.91 Å². The van der Waals surface area contributed by atoms with Crippen LogP contribution in [0.15, 0.2) is 28.4 Å². The fourth-order valence-electron chi connectivity index (χ4n) is 1.49. The summed E-state index contributed by atoms with van der Waals surface area (Å²) >= 11 is 3.10. The van der Waals surface area contributed by atoms with Crippen LogP contribution >= 0.6 is 15.9 Å². The van der Waals surface area contributed by atoms with Crippen LogP contribution in [-0.2, 0) is 4.79 Å². The number of amides is 1. The summed E-state index contributed by atoms with van der Waals surface area (Å²) in [5, 5.41) is 5.60. The van der Waals surface area contributed by atoms with Gasteiger partial charge in [-0.05, 0) is 28.4 Å². The van der Waals surface area contributed by atoms with Gasteiger partial charge in [-0.2, -0.15) is 0 Å². The highest BCUT2D eigenvalue weighted by Crippen LogP contribution is 2.32. The molecule has 0 aliphatic carbocycles. The van der Waals surface area contributed by atoms with E-state index in [-0.39, 0.29) is 5.91 Å². The molecule has 84 valence electrons. The summed E-state index contributed by atoms with van der Waals surface area (Å²) in [7, 11) is 0. The van der Waals surface area contributed by atoms with Crippen molar-refractivity contribution in [3.8, 4) is 0 Å². The van der Waals surface area contributed by atoms with Gasteiger partial charge in [0.05, 0.1) is 15.8 Å². The van der Waals surface area contributed by atoms with Crippen molar-refractivity contribution in [1.29, 1.82) is 0 Å². The smallest absolute Gasteiger partial charge is 0.271 e. The van der Waals surface area contributed by atoms with Crippen molar-refractivity contribution in [2.45, 2.75) is 13.3 Å². The molecule has 2 N–H and O–H groups in total. The lowest BCUT2D eigenvalue weighted by Crippen LogP contribution is -2.25. The Labute approximate surface area is 101 Å². The molecule has 0 unspecified atom stereocenters. The third-order valence-electron chi connectivity index (χ3n) is 2.23. The number of anilines is 2. The molecule has 0 spiro atoms. The maximum absolute atomic E-state index is 13.2. The number of carbonyl (C=O) groups is 1. The van der Waals surface area contributed by atoms with Crippen LogP contribution in [0.5, 0.6) is 0 Å². The molecule has 1 amide bonds. The molecule has 2 rings (SSSR count). The SMILES string of the molecule is CC/C=C1\Nc2cc(Br)c(F)cc2NC1=O. The first-order valence-electron chi connectivity index (χ1n) is 4.89. The highest BCUT2D eigenvalue weighted by molar-refractivity contribution is 9.10. The molecule has 0 aromatic heterocycles. The Balaban J connectivity index is 2.43. The first-order chi connectivity index (χ1) is 7.61. The van der Waals surface area contributed by atoms with Gasteiger partial charge in [0.1, 0.15) is 11.5 Å². The van der Waals surface area contributed by atoms with Gasteiger partial charge in [-0.15, -0.1) is 0 Å². The molecule has 1 heterocycles. The maximum Gasteiger partial charge on any atom is 0.271 e. The second-order valence-corrected chi connectivity index (χ2v) is 4.27. The van der Waals surface area contributed by atoms with Gasteiger partial charge < -0.3 is 10.6 Å². The molecular weight excluding hydrogens is 275 g/mol. The number of hydrogen-bond donors (Lipinski definition) is 2. The number of hydrogen-bond acceptors (Lipinski definition) is 2. The second-order valence-electron chi connectivity index (χ2n) is 3.42. The summed E-state index contributed by atoms with van der Waals surface area (Å²) in [6, 6.07) is 2.89. The number of rotatable bonds is 1. The Morgan fingerprint density at radius 2 is 2.06 bits per heavy atom. The number of nitrogens with one attached hydrogen (secondary N) is 2. The topological polar surface area (TPSA) is 41.1 Å². The molecule has 1 aromatic rings. The van der Waals surface area contributed by atoms with Crippen LogP contribution in [0.1, 0.15) is 13.3 Å². The quantitative estimate of drug-likeness (QED) is 0.778. The van der Waals surface area contributed by atoms with Gasteiger partial charge in [0.15, 0.2) is 0 Å². The Bertz CT molecular complexity index is 485. The molecular formula is C11H10BrFN2O. The van der Waals surface area contributed by atoms with Crippen LogP contribution in [0.4, 0.5) is 15.8 Å². The number of fused-ring (bicyclic) bond motifs is 1. The highest BCUT2D eigenvalue weighted by atomic mass is 79.9. The average Bonchev–Trinajstić information content (AvgIpc) is 2.23. The standard InChI is InChI=1S/C11H10BrFN2O/c1-2-3-8-11(16)15-10-5-7(13)6(12)4-9(10)14-8/h3-5,14H,2H2,1H3,(H,15,16)/b8-3-. The Morgan fingerprint density at radius 3 is 2.75 bits per heavy atom. The van der Waals surface area contributed by atoms with Crippen LogP contribution in [0.25, 0.3) is 0 Å². The van der Waals surface area contributed by atoms with E-state index in [1.807, 2.05) is 6.92 Å². The molecule has 0 saturated heterocycles. The van der Waals surface area contributed by atoms with E-state index in [4.69, 9.17) is 0 Å². The fourth-order valence-corrected chi connectivity index (χ4v) is 1.84. The van der Waals surface area contributed by atoms with Crippen molar-refractivity contribution in [2.24, 2.45) is 0 Å².